The van der Waals surface area contributed by atoms with E-state index in [4.69, 9.17) is 15.2 Å². The van der Waals surface area contributed by atoms with Crippen LogP contribution < -0.4 is 5.73 Å². The smallest absolute Gasteiger partial charge is 0.335 e. The number of nitrogens with two attached hydrogens (primary N) is 1. The third-order valence-corrected chi connectivity index (χ3v) is 3.79. The van der Waals surface area contributed by atoms with Gasteiger partial charge in [0.2, 0.25) is 0 Å². The van der Waals surface area contributed by atoms with Gasteiger partial charge < -0.3 is 20.3 Å². The molecule has 5 heteroatoms. The van der Waals surface area contributed by atoms with Crippen molar-refractivity contribution in [1.82, 2.24) is 0 Å². The highest BCUT2D eigenvalue weighted by molar-refractivity contribution is 5.75. The summed E-state index contributed by atoms with van der Waals surface area (Å²) in [6, 6.07) is 0. The fourth-order valence-corrected chi connectivity index (χ4v) is 2.90. The van der Waals surface area contributed by atoms with Gasteiger partial charge in [0, 0.05) is 12.0 Å². The van der Waals surface area contributed by atoms with Gasteiger partial charge in [-0.05, 0) is 26.2 Å². The van der Waals surface area contributed by atoms with Crippen molar-refractivity contribution in [1.29, 1.82) is 0 Å². The normalized spacial score (nSPS) is 38.7. The first kappa shape index (κ1) is 11.8. The summed E-state index contributed by atoms with van der Waals surface area (Å²) in [5.41, 5.74) is 5.11. The average Bonchev–Trinajstić information content (AvgIpc) is 2.88. The zero-order valence-electron chi connectivity index (χ0n) is 9.52. The van der Waals surface area contributed by atoms with Crippen LogP contribution in [0.4, 0.5) is 0 Å². The molecule has 0 aromatic carbocycles. The zero-order chi connectivity index (χ0) is 11.8. The Morgan fingerprint density at radius 1 is 1.69 bits per heavy atom. The molecule has 0 saturated carbocycles. The van der Waals surface area contributed by atoms with Crippen LogP contribution in [0.3, 0.4) is 0 Å². The van der Waals surface area contributed by atoms with Crippen LogP contribution in [0.25, 0.3) is 0 Å². The van der Waals surface area contributed by atoms with E-state index in [1.54, 1.807) is 6.92 Å². The summed E-state index contributed by atoms with van der Waals surface area (Å²) in [5, 5.41) is 10.1. The summed E-state index contributed by atoms with van der Waals surface area (Å²) in [4.78, 5) is 11.6. The average molecular weight is 229 g/mol. The van der Waals surface area contributed by atoms with Gasteiger partial charge in [0.05, 0.1) is 18.8 Å². The van der Waals surface area contributed by atoms with Crippen molar-refractivity contribution in [2.24, 2.45) is 11.1 Å². The fraction of sp³-hybridized carbons (Fsp3) is 0.909. The van der Waals surface area contributed by atoms with Gasteiger partial charge in [-0.25, -0.2) is 4.79 Å². The fourth-order valence-electron chi connectivity index (χ4n) is 2.90. The number of hydrogen-bond acceptors (Lipinski definition) is 5. The Hall–Kier alpha value is -0.650. The molecule has 2 bridgehead atoms. The van der Waals surface area contributed by atoms with Crippen molar-refractivity contribution in [3.8, 4) is 0 Å². The molecule has 16 heavy (non-hydrogen) atoms. The molecule has 2 aliphatic heterocycles. The predicted molar refractivity (Wildman–Crippen MR) is 56.6 cm³/mol. The van der Waals surface area contributed by atoms with Crippen LogP contribution in [0.5, 0.6) is 0 Å². The molecule has 92 valence electrons. The van der Waals surface area contributed by atoms with Crippen molar-refractivity contribution in [2.75, 3.05) is 13.2 Å². The van der Waals surface area contributed by atoms with Crippen molar-refractivity contribution in [3.63, 3.8) is 0 Å². The largest absolute Gasteiger partial charge is 0.464 e. The van der Waals surface area contributed by atoms with Crippen molar-refractivity contribution in [2.45, 2.75) is 44.5 Å². The molecule has 0 spiro atoms. The molecule has 0 aromatic heterocycles. The maximum absolute atomic E-state index is 11.6. The van der Waals surface area contributed by atoms with Gasteiger partial charge in [-0.1, -0.05) is 0 Å². The van der Waals surface area contributed by atoms with Crippen LogP contribution >= 0.6 is 0 Å². The second kappa shape index (κ2) is 4.31. The highest BCUT2D eigenvalue weighted by Gasteiger charge is 2.57. The summed E-state index contributed by atoms with van der Waals surface area (Å²) >= 11 is 0. The Morgan fingerprint density at radius 2 is 2.44 bits per heavy atom. The van der Waals surface area contributed by atoms with Crippen LogP contribution in [0, 0.1) is 5.41 Å². The Bertz CT molecular complexity index is 283. The number of carbonyl (C=O) groups excluding carboxylic acids is 1. The molecule has 2 saturated heterocycles. The standard InChI is InChI=1S/C11H19NO4/c1-2-15-10(14)9(13)11(6-12)5-7-3-4-8(11)16-7/h7-9,13H,2-6,12H2,1H3. The number of fused-ring (bicyclic) bond motifs is 2. The molecule has 4 unspecified atom stereocenters. The van der Waals surface area contributed by atoms with Gasteiger partial charge in [-0.2, -0.15) is 0 Å². The van der Waals surface area contributed by atoms with E-state index in [1.807, 2.05) is 0 Å². The molecule has 2 heterocycles. The van der Waals surface area contributed by atoms with Gasteiger partial charge >= 0.3 is 5.97 Å². The van der Waals surface area contributed by atoms with E-state index in [1.165, 1.54) is 0 Å². The third kappa shape index (κ3) is 1.63. The summed E-state index contributed by atoms with van der Waals surface area (Å²) in [6.45, 7) is 2.25. The summed E-state index contributed by atoms with van der Waals surface area (Å²) < 4.78 is 10.5. The van der Waals surface area contributed by atoms with Gasteiger partial charge in [0.1, 0.15) is 0 Å². The van der Waals surface area contributed by atoms with Crippen molar-refractivity contribution < 1.29 is 19.4 Å². The second-order valence-electron chi connectivity index (χ2n) is 4.62. The Kier molecular flexibility index (Phi) is 3.19. The van der Waals surface area contributed by atoms with Crippen molar-refractivity contribution in [3.05, 3.63) is 0 Å². The number of aliphatic hydroxyl groups excluding tert-OH is 1. The second-order valence-corrected chi connectivity index (χ2v) is 4.62. The molecule has 2 aliphatic rings. The number of hydrogen-bond donors (Lipinski definition) is 2. The van der Waals surface area contributed by atoms with Crippen LogP contribution in [0.1, 0.15) is 26.2 Å². The maximum Gasteiger partial charge on any atom is 0.335 e. The number of aliphatic hydroxyl groups is 1. The Labute approximate surface area is 94.9 Å². The molecule has 0 radical (unpaired) electrons. The lowest BCUT2D eigenvalue weighted by Gasteiger charge is -2.36. The van der Waals surface area contributed by atoms with E-state index in [-0.39, 0.29) is 25.4 Å². The topological polar surface area (TPSA) is 81.8 Å². The highest BCUT2D eigenvalue weighted by Crippen LogP contribution is 2.49. The van der Waals surface area contributed by atoms with Crippen LogP contribution in [-0.2, 0) is 14.3 Å². The minimum absolute atomic E-state index is 0.0955. The quantitative estimate of drug-likeness (QED) is 0.653. The number of rotatable bonds is 4. The first-order chi connectivity index (χ1) is 7.64. The van der Waals surface area contributed by atoms with Crippen LogP contribution in [-0.4, -0.2) is 42.5 Å². The van der Waals surface area contributed by atoms with Gasteiger partial charge in [0.15, 0.2) is 6.10 Å². The lowest BCUT2D eigenvalue weighted by atomic mass is 9.70. The van der Waals surface area contributed by atoms with Crippen LogP contribution in [0.2, 0.25) is 0 Å². The Morgan fingerprint density at radius 3 is 2.88 bits per heavy atom. The predicted octanol–water partition coefficient (Wildman–Crippen LogP) is -0.193. The summed E-state index contributed by atoms with van der Waals surface area (Å²) in [7, 11) is 0. The van der Waals surface area contributed by atoms with E-state index in [0.717, 1.165) is 12.8 Å². The molecular formula is C11H19NO4. The zero-order valence-corrected chi connectivity index (χ0v) is 9.52. The Balaban J connectivity index is 2.13. The maximum atomic E-state index is 11.6. The molecule has 2 rings (SSSR count). The summed E-state index contributed by atoms with van der Waals surface area (Å²) in [6.07, 6.45) is 1.43. The molecule has 3 N–H and O–H groups in total. The lowest BCUT2D eigenvalue weighted by molar-refractivity contribution is -0.163. The SMILES string of the molecule is CCOC(=O)C(O)C1(CN)CC2CCC1O2. The highest BCUT2D eigenvalue weighted by atomic mass is 16.5. The summed E-state index contributed by atoms with van der Waals surface area (Å²) in [5.74, 6) is -0.580. The minimum Gasteiger partial charge on any atom is -0.464 e. The first-order valence-electron chi connectivity index (χ1n) is 5.84. The minimum atomic E-state index is -1.16. The molecule has 4 atom stereocenters. The van der Waals surface area contributed by atoms with Gasteiger partial charge in [-0.3, -0.25) is 0 Å². The number of esters is 1. The molecular weight excluding hydrogens is 210 g/mol. The van der Waals surface area contributed by atoms with Gasteiger partial charge in [-0.15, -0.1) is 0 Å². The lowest BCUT2D eigenvalue weighted by Crippen LogP contribution is -2.52. The van der Waals surface area contributed by atoms with E-state index >= 15 is 0 Å². The van der Waals surface area contributed by atoms with Crippen molar-refractivity contribution >= 4 is 5.97 Å². The molecule has 0 aromatic rings. The first-order valence-corrected chi connectivity index (χ1v) is 5.84. The third-order valence-electron chi connectivity index (χ3n) is 3.79. The van der Waals surface area contributed by atoms with E-state index in [2.05, 4.69) is 0 Å². The van der Waals surface area contributed by atoms with Gasteiger partial charge in [0.25, 0.3) is 0 Å². The van der Waals surface area contributed by atoms with Crippen LogP contribution in [0.15, 0.2) is 0 Å². The number of ether oxygens (including phenoxy) is 2. The molecule has 0 aliphatic carbocycles. The monoisotopic (exact) mass is 229 g/mol. The molecule has 2 fully saturated rings. The van der Waals surface area contributed by atoms with E-state index in [9.17, 15) is 9.90 Å². The molecule has 0 amide bonds. The molecule has 5 nitrogen and oxygen atoms in total. The van der Waals surface area contributed by atoms with E-state index in [0.29, 0.717) is 6.42 Å². The van der Waals surface area contributed by atoms with E-state index < -0.39 is 17.5 Å². The number of carbonyl (C=O) groups is 1.